The van der Waals surface area contributed by atoms with Crippen LogP contribution in [-0.2, 0) is 11.2 Å². The van der Waals surface area contributed by atoms with Crippen LogP contribution in [0.15, 0.2) is 11.4 Å². The van der Waals surface area contributed by atoms with Gasteiger partial charge < -0.3 is 4.90 Å². The van der Waals surface area contributed by atoms with Crippen molar-refractivity contribution >= 4 is 29.9 Å². The number of amides is 1. The van der Waals surface area contributed by atoms with Crippen LogP contribution in [0.4, 0.5) is 0 Å². The van der Waals surface area contributed by atoms with Crippen molar-refractivity contribution in [1.29, 1.82) is 0 Å². The van der Waals surface area contributed by atoms with Crippen molar-refractivity contribution in [3.05, 3.63) is 21.9 Å². The number of thiophene rings is 1. The molecule has 0 saturated heterocycles. The highest BCUT2D eigenvalue weighted by Gasteiger charge is 2.32. The van der Waals surface area contributed by atoms with Crippen LogP contribution in [0.2, 0.25) is 0 Å². The van der Waals surface area contributed by atoms with Crippen molar-refractivity contribution in [1.82, 2.24) is 4.90 Å². The van der Waals surface area contributed by atoms with E-state index in [1.807, 2.05) is 18.7 Å². The molecule has 1 aliphatic heterocycles. The molecule has 0 bridgehead atoms. The molecule has 17 heavy (non-hydrogen) atoms. The molecule has 0 saturated carbocycles. The van der Waals surface area contributed by atoms with Crippen molar-refractivity contribution < 1.29 is 4.79 Å². The molecule has 0 aliphatic carbocycles. The largest absolute Gasteiger partial charge is 0.335 e. The molecule has 2 rings (SSSR count). The van der Waals surface area contributed by atoms with Gasteiger partial charge in [-0.15, -0.1) is 11.3 Å². The first-order chi connectivity index (χ1) is 8.02. The van der Waals surface area contributed by atoms with Crippen LogP contribution in [-0.4, -0.2) is 22.6 Å². The first-order valence-corrected chi connectivity index (χ1v) is 7.46. The zero-order valence-corrected chi connectivity index (χ0v) is 12.2. The van der Waals surface area contributed by atoms with E-state index in [1.54, 1.807) is 11.3 Å². The minimum absolute atomic E-state index is 0.174. The van der Waals surface area contributed by atoms with E-state index in [4.69, 9.17) is 0 Å². The first kappa shape index (κ1) is 13.0. The molecular formula is C13H19NOS2. The summed E-state index contributed by atoms with van der Waals surface area (Å²) in [6.07, 6.45) is 0.988. The summed E-state index contributed by atoms with van der Waals surface area (Å²) in [6, 6.07) is 2.35. The smallest absolute Gasteiger partial charge is 0.236 e. The fourth-order valence-corrected chi connectivity index (χ4v) is 3.38. The molecule has 1 aliphatic rings. The molecule has 1 aromatic heterocycles. The Morgan fingerprint density at radius 1 is 1.59 bits per heavy atom. The lowest BCUT2D eigenvalue weighted by Crippen LogP contribution is -2.43. The third-order valence-corrected chi connectivity index (χ3v) is 5.26. The predicted octanol–water partition coefficient (Wildman–Crippen LogP) is 3.15. The summed E-state index contributed by atoms with van der Waals surface area (Å²) in [6.45, 7) is 7.03. The second kappa shape index (κ2) is 5.02. The van der Waals surface area contributed by atoms with Crippen LogP contribution in [0.1, 0.15) is 37.3 Å². The maximum Gasteiger partial charge on any atom is 0.236 e. The number of hydrogen-bond acceptors (Lipinski definition) is 3. The molecule has 2 unspecified atom stereocenters. The van der Waals surface area contributed by atoms with Crippen LogP contribution in [0.25, 0.3) is 0 Å². The van der Waals surface area contributed by atoms with Crippen LogP contribution < -0.4 is 0 Å². The molecule has 0 aromatic carbocycles. The highest BCUT2D eigenvalue weighted by atomic mass is 32.1. The van der Waals surface area contributed by atoms with E-state index in [0.29, 0.717) is 0 Å². The average molecular weight is 269 g/mol. The minimum atomic E-state index is -0.183. The normalized spacial score (nSPS) is 21.5. The van der Waals surface area contributed by atoms with Crippen LogP contribution in [0.5, 0.6) is 0 Å². The van der Waals surface area contributed by atoms with Crippen LogP contribution >= 0.6 is 24.0 Å². The second-order valence-corrected chi connectivity index (χ2v) is 6.50. The van der Waals surface area contributed by atoms with Crippen LogP contribution in [0.3, 0.4) is 0 Å². The summed E-state index contributed by atoms with van der Waals surface area (Å²) >= 11 is 6.24. The van der Waals surface area contributed by atoms with E-state index in [2.05, 4.69) is 31.0 Å². The van der Waals surface area contributed by atoms with Gasteiger partial charge in [-0.1, -0.05) is 13.8 Å². The van der Waals surface area contributed by atoms with Gasteiger partial charge in [0.1, 0.15) is 0 Å². The Morgan fingerprint density at radius 3 is 2.94 bits per heavy atom. The number of thiol groups is 1. The number of fused-ring (bicyclic) bond motifs is 1. The number of rotatable bonds is 2. The molecule has 2 heterocycles. The van der Waals surface area contributed by atoms with Gasteiger partial charge in [-0.3, -0.25) is 4.79 Å². The molecule has 0 fully saturated rings. The molecule has 0 spiro atoms. The number of nitrogens with zero attached hydrogens (tertiary/aromatic N) is 1. The Labute approximate surface area is 112 Å². The standard InChI is InChI=1S/C13H19NOS2/c1-8(2)12(16)13(15)14-6-4-11-10(9(14)3)5-7-17-11/h5,7-9,12,16H,4,6H2,1-3H3. The molecule has 0 N–H and O–H groups in total. The third kappa shape index (κ3) is 2.38. The molecule has 1 amide bonds. The van der Waals surface area contributed by atoms with Crippen molar-refractivity contribution in [2.45, 2.75) is 38.5 Å². The maximum absolute atomic E-state index is 12.3. The van der Waals surface area contributed by atoms with E-state index in [1.165, 1.54) is 10.4 Å². The zero-order valence-electron chi connectivity index (χ0n) is 10.5. The zero-order chi connectivity index (χ0) is 12.6. The minimum Gasteiger partial charge on any atom is -0.335 e. The molecule has 2 atom stereocenters. The molecular weight excluding hydrogens is 250 g/mol. The summed E-state index contributed by atoms with van der Waals surface area (Å²) < 4.78 is 0. The molecule has 4 heteroatoms. The Morgan fingerprint density at radius 2 is 2.29 bits per heavy atom. The lowest BCUT2D eigenvalue weighted by Gasteiger charge is -2.35. The predicted molar refractivity (Wildman–Crippen MR) is 75.8 cm³/mol. The Balaban J connectivity index is 2.17. The molecule has 2 nitrogen and oxygen atoms in total. The Bertz CT molecular complexity index is 413. The van der Waals surface area contributed by atoms with Crippen molar-refractivity contribution in [3.63, 3.8) is 0 Å². The summed E-state index contributed by atoms with van der Waals surface area (Å²) in [5, 5.41) is 1.94. The van der Waals surface area contributed by atoms with Crippen molar-refractivity contribution in [3.8, 4) is 0 Å². The van der Waals surface area contributed by atoms with Crippen LogP contribution in [0, 0.1) is 5.92 Å². The fraction of sp³-hybridized carbons (Fsp3) is 0.615. The summed E-state index contributed by atoms with van der Waals surface area (Å²) in [7, 11) is 0. The first-order valence-electron chi connectivity index (χ1n) is 6.07. The molecule has 1 aromatic rings. The van der Waals surface area contributed by atoms with Crippen molar-refractivity contribution in [2.24, 2.45) is 5.92 Å². The Hall–Kier alpha value is -0.480. The molecule has 94 valence electrons. The van der Waals surface area contributed by atoms with E-state index in [9.17, 15) is 4.79 Å². The molecule has 0 radical (unpaired) electrons. The van der Waals surface area contributed by atoms with E-state index < -0.39 is 0 Å². The number of hydrogen-bond donors (Lipinski definition) is 1. The van der Waals surface area contributed by atoms with E-state index in [0.717, 1.165) is 13.0 Å². The highest BCUT2D eigenvalue weighted by molar-refractivity contribution is 7.81. The van der Waals surface area contributed by atoms with Gasteiger partial charge in [-0.05, 0) is 36.3 Å². The summed E-state index contributed by atoms with van der Waals surface area (Å²) in [4.78, 5) is 15.7. The Kier molecular flexibility index (Phi) is 3.83. The van der Waals surface area contributed by atoms with Crippen molar-refractivity contribution in [2.75, 3.05) is 6.54 Å². The van der Waals surface area contributed by atoms with Gasteiger partial charge in [0.2, 0.25) is 5.91 Å². The maximum atomic E-state index is 12.3. The second-order valence-electron chi connectivity index (χ2n) is 4.95. The van der Waals surface area contributed by atoms with Gasteiger partial charge in [-0.25, -0.2) is 0 Å². The monoisotopic (exact) mass is 269 g/mol. The van der Waals surface area contributed by atoms with E-state index in [-0.39, 0.29) is 23.1 Å². The average Bonchev–Trinajstić information content (AvgIpc) is 2.76. The number of carbonyl (C=O) groups excluding carboxylic acids is 1. The summed E-state index contributed by atoms with van der Waals surface area (Å²) in [5.74, 6) is 0.453. The third-order valence-electron chi connectivity index (χ3n) is 3.44. The topological polar surface area (TPSA) is 20.3 Å². The van der Waals surface area contributed by atoms with E-state index >= 15 is 0 Å². The SMILES string of the molecule is CC(C)C(S)C(=O)N1CCc2sccc2C1C. The van der Waals surface area contributed by atoms with Gasteiger partial charge in [0.05, 0.1) is 11.3 Å². The number of carbonyl (C=O) groups is 1. The van der Waals surface area contributed by atoms with Gasteiger partial charge in [0.15, 0.2) is 0 Å². The summed E-state index contributed by atoms with van der Waals surface area (Å²) in [5.41, 5.74) is 1.32. The van der Waals surface area contributed by atoms with Gasteiger partial charge in [0.25, 0.3) is 0 Å². The quantitative estimate of drug-likeness (QED) is 0.818. The van der Waals surface area contributed by atoms with Gasteiger partial charge in [0, 0.05) is 11.4 Å². The lowest BCUT2D eigenvalue weighted by molar-refractivity contribution is -0.133. The fourth-order valence-electron chi connectivity index (χ4n) is 2.27. The van der Waals surface area contributed by atoms with Gasteiger partial charge in [-0.2, -0.15) is 12.6 Å². The highest BCUT2D eigenvalue weighted by Crippen LogP contribution is 2.33. The van der Waals surface area contributed by atoms with Gasteiger partial charge >= 0.3 is 0 Å². The lowest BCUT2D eigenvalue weighted by atomic mass is 9.99.